The molecule has 0 radical (unpaired) electrons. The summed E-state index contributed by atoms with van der Waals surface area (Å²) in [6.45, 7) is 4.14. The first-order chi connectivity index (χ1) is 13.3. The van der Waals surface area contributed by atoms with Crippen molar-refractivity contribution >= 4 is 11.7 Å². The number of hydrogen-bond donors (Lipinski definition) is 1. The fourth-order valence-corrected chi connectivity index (χ4v) is 3.99. The van der Waals surface area contributed by atoms with E-state index in [4.69, 9.17) is 0 Å². The lowest BCUT2D eigenvalue weighted by molar-refractivity contribution is -0.138. The predicted octanol–water partition coefficient (Wildman–Crippen LogP) is 2.59. The van der Waals surface area contributed by atoms with Gasteiger partial charge in [0.05, 0.1) is 11.3 Å². The molecule has 1 fully saturated rings. The number of aryl methyl sites for hydroxylation is 2. The smallest absolute Gasteiger partial charge is 0.353 e. The Labute approximate surface area is 160 Å². The molecule has 28 heavy (non-hydrogen) atoms. The Morgan fingerprint density at radius 2 is 1.96 bits per heavy atom. The zero-order valence-electron chi connectivity index (χ0n) is 15.6. The molecule has 6 nitrogen and oxygen atoms in total. The number of rotatable bonds is 2. The van der Waals surface area contributed by atoms with Gasteiger partial charge < -0.3 is 14.8 Å². The number of alkyl halides is 3. The van der Waals surface area contributed by atoms with Crippen LogP contribution in [-0.4, -0.2) is 51.9 Å². The third-order valence-electron chi connectivity index (χ3n) is 5.50. The summed E-state index contributed by atoms with van der Waals surface area (Å²) in [7, 11) is 0. The molecule has 1 saturated heterocycles. The Hall–Kier alpha value is -2.58. The van der Waals surface area contributed by atoms with Gasteiger partial charge in [-0.25, -0.2) is 9.97 Å². The summed E-state index contributed by atoms with van der Waals surface area (Å²) < 4.78 is 38.0. The number of nitrogens with zero attached hydrogens (tertiary/aromatic N) is 4. The standard InChI is InChI=1S/C19H22F3N5O/c1-12-24-15-4-2-13(10-16(15)25-12)18(28)27-8-6-26(7-9-27)17-5-3-14(11-23-17)19(20,21)22/h3,5,11,13H,2,4,6-10H2,1H3,(H,24,25)/t13-/m1/s1. The summed E-state index contributed by atoms with van der Waals surface area (Å²) in [6.07, 6.45) is -1.22. The van der Waals surface area contributed by atoms with Gasteiger partial charge >= 0.3 is 6.18 Å². The Morgan fingerprint density at radius 3 is 2.61 bits per heavy atom. The number of aromatic amines is 1. The highest BCUT2D eigenvalue weighted by Crippen LogP contribution is 2.30. The number of carbonyl (C=O) groups excluding carboxylic acids is 1. The summed E-state index contributed by atoms with van der Waals surface area (Å²) >= 11 is 0. The average molecular weight is 393 g/mol. The highest BCUT2D eigenvalue weighted by Gasteiger charge is 2.33. The summed E-state index contributed by atoms with van der Waals surface area (Å²) in [6, 6.07) is 2.44. The van der Waals surface area contributed by atoms with Crippen LogP contribution in [-0.2, 0) is 23.8 Å². The van der Waals surface area contributed by atoms with Crippen LogP contribution in [0.4, 0.5) is 19.0 Å². The van der Waals surface area contributed by atoms with Crippen molar-refractivity contribution in [2.75, 3.05) is 31.1 Å². The van der Waals surface area contributed by atoms with Crippen molar-refractivity contribution in [2.45, 2.75) is 32.4 Å². The lowest BCUT2D eigenvalue weighted by Crippen LogP contribution is -2.51. The molecule has 0 bridgehead atoms. The summed E-state index contributed by atoms with van der Waals surface area (Å²) in [5, 5.41) is 0. The number of carbonyl (C=O) groups is 1. The second-order valence-corrected chi connectivity index (χ2v) is 7.40. The van der Waals surface area contributed by atoms with E-state index in [0.29, 0.717) is 38.4 Å². The number of amides is 1. The molecule has 150 valence electrons. The van der Waals surface area contributed by atoms with Gasteiger partial charge in [0.15, 0.2) is 0 Å². The number of nitrogens with one attached hydrogen (secondary N) is 1. The summed E-state index contributed by atoms with van der Waals surface area (Å²) in [5.74, 6) is 1.51. The van der Waals surface area contributed by atoms with Crippen LogP contribution in [0.2, 0.25) is 0 Å². The Morgan fingerprint density at radius 1 is 1.21 bits per heavy atom. The number of H-pyrrole nitrogens is 1. The summed E-state index contributed by atoms with van der Waals surface area (Å²) in [4.78, 5) is 28.3. The van der Waals surface area contributed by atoms with Crippen molar-refractivity contribution in [1.82, 2.24) is 19.9 Å². The van der Waals surface area contributed by atoms with Crippen molar-refractivity contribution in [3.05, 3.63) is 41.1 Å². The molecule has 1 N–H and O–H groups in total. The van der Waals surface area contributed by atoms with Gasteiger partial charge in [-0.05, 0) is 31.9 Å². The van der Waals surface area contributed by atoms with E-state index in [2.05, 4.69) is 15.0 Å². The Kier molecular flexibility index (Phi) is 4.76. The van der Waals surface area contributed by atoms with Crippen LogP contribution in [0.15, 0.2) is 18.3 Å². The predicted molar refractivity (Wildman–Crippen MR) is 96.9 cm³/mol. The number of piperazine rings is 1. The molecule has 1 atom stereocenters. The van der Waals surface area contributed by atoms with E-state index in [9.17, 15) is 18.0 Å². The fourth-order valence-electron chi connectivity index (χ4n) is 3.99. The summed E-state index contributed by atoms with van der Waals surface area (Å²) in [5.41, 5.74) is 1.38. The van der Waals surface area contributed by atoms with Gasteiger partial charge in [-0.1, -0.05) is 0 Å². The van der Waals surface area contributed by atoms with Gasteiger partial charge in [-0.3, -0.25) is 4.79 Å². The molecule has 3 heterocycles. The van der Waals surface area contributed by atoms with Crippen LogP contribution in [0.5, 0.6) is 0 Å². The van der Waals surface area contributed by atoms with Crippen LogP contribution in [0.25, 0.3) is 0 Å². The fraction of sp³-hybridized carbons (Fsp3) is 0.526. The first-order valence-electron chi connectivity index (χ1n) is 9.42. The molecule has 1 amide bonds. The maximum absolute atomic E-state index is 12.9. The number of imidazole rings is 1. The topological polar surface area (TPSA) is 65.1 Å². The Balaban J connectivity index is 1.34. The SMILES string of the molecule is Cc1nc2c([nH]1)C[C@H](C(=O)N1CCN(c3ccc(C(F)(F)F)cn3)CC1)CC2. The minimum absolute atomic E-state index is 0.0388. The van der Waals surface area contributed by atoms with E-state index in [1.807, 2.05) is 16.7 Å². The number of halogens is 3. The molecular formula is C19H22F3N5O. The number of hydrogen-bond acceptors (Lipinski definition) is 4. The van der Waals surface area contributed by atoms with Gasteiger partial charge in [-0.2, -0.15) is 13.2 Å². The molecule has 0 unspecified atom stereocenters. The zero-order chi connectivity index (χ0) is 19.9. The third kappa shape index (κ3) is 3.70. The highest BCUT2D eigenvalue weighted by molar-refractivity contribution is 5.79. The van der Waals surface area contributed by atoms with Gasteiger partial charge in [0.25, 0.3) is 0 Å². The zero-order valence-corrected chi connectivity index (χ0v) is 15.6. The van der Waals surface area contributed by atoms with Crippen LogP contribution >= 0.6 is 0 Å². The van der Waals surface area contributed by atoms with Crippen molar-refractivity contribution in [3.63, 3.8) is 0 Å². The van der Waals surface area contributed by atoms with E-state index in [1.165, 1.54) is 6.07 Å². The molecule has 0 aromatic carbocycles. The quantitative estimate of drug-likeness (QED) is 0.852. The third-order valence-corrected chi connectivity index (χ3v) is 5.50. The van der Waals surface area contributed by atoms with Gasteiger partial charge in [0.1, 0.15) is 11.6 Å². The van der Waals surface area contributed by atoms with Crippen molar-refractivity contribution in [1.29, 1.82) is 0 Å². The van der Waals surface area contributed by atoms with Gasteiger partial charge in [-0.15, -0.1) is 0 Å². The Bertz CT molecular complexity index is 853. The van der Waals surface area contributed by atoms with E-state index in [-0.39, 0.29) is 11.8 Å². The lowest BCUT2D eigenvalue weighted by atomic mass is 9.88. The second kappa shape index (κ2) is 7.10. The molecule has 2 aromatic rings. The van der Waals surface area contributed by atoms with Gasteiger partial charge in [0.2, 0.25) is 5.91 Å². The van der Waals surface area contributed by atoms with E-state index >= 15 is 0 Å². The monoisotopic (exact) mass is 393 g/mol. The maximum Gasteiger partial charge on any atom is 0.417 e. The number of aromatic nitrogens is 3. The number of fused-ring (bicyclic) bond motifs is 1. The molecule has 0 saturated carbocycles. The molecule has 9 heteroatoms. The molecule has 0 spiro atoms. The van der Waals surface area contributed by atoms with Crippen molar-refractivity contribution < 1.29 is 18.0 Å². The van der Waals surface area contributed by atoms with Crippen molar-refractivity contribution in [2.24, 2.45) is 5.92 Å². The van der Waals surface area contributed by atoms with Gasteiger partial charge in [0, 0.05) is 50.4 Å². The molecule has 2 aliphatic rings. The minimum Gasteiger partial charge on any atom is -0.353 e. The number of pyridine rings is 1. The van der Waals surface area contributed by atoms with Crippen LogP contribution in [0.1, 0.15) is 29.2 Å². The number of anilines is 1. The second-order valence-electron chi connectivity index (χ2n) is 7.40. The van der Waals surface area contributed by atoms with Crippen LogP contribution < -0.4 is 4.90 Å². The van der Waals surface area contributed by atoms with Crippen LogP contribution in [0.3, 0.4) is 0 Å². The van der Waals surface area contributed by atoms with Crippen molar-refractivity contribution in [3.8, 4) is 0 Å². The molecule has 1 aliphatic carbocycles. The van der Waals surface area contributed by atoms with Crippen LogP contribution in [0, 0.1) is 12.8 Å². The minimum atomic E-state index is -4.39. The first-order valence-corrected chi connectivity index (χ1v) is 9.42. The highest BCUT2D eigenvalue weighted by atomic mass is 19.4. The normalized spacial score (nSPS) is 20.2. The van der Waals surface area contributed by atoms with E-state index in [1.54, 1.807) is 0 Å². The molecule has 4 rings (SSSR count). The first kappa shape index (κ1) is 18.8. The van der Waals surface area contributed by atoms with E-state index in [0.717, 1.165) is 42.3 Å². The largest absolute Gasteiger partial charge is 0.417 e. The average Bonchev–Trinajstić information content (AvgIpc) is 3.06. The molecule has 2 aromatic heterocycles. The molecule has 1 aliphatic heterocycles. The maximum atomic E-state index is 12.9. The van der Waals surface area contributed by atoms with E-state index < -0.39 is 11.7 Å². The lowest BCUT2D eigenvalue weighted by Gasteiger charge is -2.37. The molecular weight excluding hydrogens is 371 g/mol.